The number of nitrogens with zero attached hydrogens (tertiary/aromatic N) is 2. The first-order valence-corrected chi connectivity index (χ1v) is 14.4. The third-order valence-corrected chi connectivity index (χ3v) is 8.87. The summed E-state index contributed by atoms with van der Waals surface area (Å²) < 4.78 is 30.6. The predicted octanol–water partition coefficient (Wildman–Crippen LogP) is 7.44. The fraction of sp³-hybridized carbons (Fsp3) is 0.161. The fourth-order valence-electron chi connectivity index (χ4n) is 4.87. The van der Waals surface area contributed by atoms with Crippen molar-refractivity contribution in [2.75, 3.05) is 24.3 Å². The first-order valence-electron chi connectivity index (χ1n) is 12.8. The largest absolute Gasteiger partial charge is 0.377 e. The van der Waals surface area contributed by atoms with E-state index in [1.165, 1.54) is 41.1 Å². The number of fused-ring (bicyclic) bond motifs is 2. The van der Waals surface area contributed by atoms with E-state index in [0.29, 0.717) is 0 Å². The van der Waals surface area contributed by atoms with Crippen LogP contribution in [0.2, 0.25) is 0 Å². The molecule has 6 rings (SSSR count). The Balaban J connectivity index is 1.37. The molecule has 2 aromatic carbocycles. The first-order chi connectivity index (χ1) is 18.9. The van der Waals surface area contributed by atoms with Gasteiger partial charge >= 0.3 is 0 Å². The topological polar surface area (TPSA) is 33.3 Å². The van der Waals surface area contributed by atoms with E-state index in [1.54, 1.807) is 23.1 Å². The standard InChI is InChI=1S/C31H27F2N4S2/c1-36(2)24-14-16-37(17-15-24)31-20(6-12-29-34-25-18-22(32)8-10-27(25)38-29)4-3-5-21(31)7-13-30-35-26-19-23(33)9-11-28(26)39-30/h6-19,34H,3-5H2,1-2H3/q+1/p+1/b13-7+,20-6+,29-12-. The molecule has 4 nitrogen and oxygen atoms in total. The van der Waals surface area contributed by atoms with Gasteiger partial charge in [-0.25, -0.2) is 8.78 Å². The van der Waals surface area contributed by atoms with Crippen molar-refractivity contribution in [2.24, 2.45) is 0 Å². The SMILES string of the molecule is CN(C)c1cc[n+](C2=C(/C=C/c3[nH+]c4cc(F)ccc4s3)CCC/C2=C\C=C2\Nc3cc(F)ccc3S2)cc1. The van der Waals surface area contributed by atoms with E-state index in [1.807, 2.05) is 26.2 Å². The Kier molecular flexibility index (Phi) is 7.06. The van der Waals surface area contributed by atoms with Crippen molar-refractivity contribution in [1.82, 2.24) is 0 Å². The van der Waals surface area contributed by atoms with Gasteiger partial charge in [-0.2, -0.15) is 9.55 Å². The highest BCUT2D eigenvalue weighted by atomic mass is 32.2. The van der Waals surface area contributed by atoms with E-state index < -0.39 is 0 Å². The highest BCUT2D eigenvalue weighted by Gasteiger charge is 2.25. The van der Waals surface area contributed by atoms with Crippen LogP contribution in [-0.2, 0) is 0 Å². The second-order valence-corrected chi connectivity index (χ2v) is 11.9. The quantitative estimate of drug-likeness (QED) is 0.259. The summed E-state index contributed by atoms with van der Waals surface area (Å²) in [6, 6.07) is 13.9. The Morgan fingerprint density at radius 2 is 1.74 bits per heavy atom. The molecule has 2 aliphatic rings. The van der Waals surface area contributed by atoms with Gasteiger partial charge in [-0.05, 0) is 67.8 Å². The van der Waals surface area contributed by atoms with Crippen LogP contribution >= 0.6 is 23.1 Å². The number of allylic oxidation sites excluding steroid dienone is 6. The summed E-state index contributed by atoms with van der Waals surface area (Å²) in [5.74, 6) is -0.483. The molecule has 1 aliphatic heterocycles. The minimum Gasteiger partial charge on any atom is -0.377 e. The molecular formula is C31H28F2N4S2+2. The van der Waals surface area contributed by atoms with Crippen molar-refractivity contribution in [3.05, 3.63) is 112 Å². The minimum atomic E-state index is -0.242. The van der Waals surface area contributed by atoms with Crippen LogP contribution < -0.4 is 19.8 Å². The lowest BCUT2D eigenvalue weighted by Gasteiger charge is -2.17. The summed E-state index contributed by atoms with van der Waals surface area (Å²) in [5, 5.41) is 5.29. The number of H-pyrrole nitrogens is 1. The molecule has 0 saturated heterocycles. The Morgan fingerprint density at radius 1 is 0.949 bits per heavy atom. The van der Waals surface area contributed by atoms with E-state index in [9.17, 15) is 8.78 Å². The third kappa shape index (κ3) is 5.53. The van der Waals surface area contributed by atoms with Crippen molar-refractivity contribution in [2.45, 2.75) is 24.2 Å². The highest BCUT2D eigenvalue weighted by Crippen LogP contribution is 2.41. The van der Waals surface area contributed by atoms with Gasteiger partial charge < -0.3 is 10.2 Å². The molecule has 0 amide bonds. The van der Waals surface area contributed by atoms with Crippen molar-refractivity contribution < 1.29 is 18.3 Å². The second kappa shape index (κ2) is 10.8. The van der Waals surface area contributed by atoms with Crippen LogP contribution in [0.15, 0.2) is 100 Å². The van der Waals surface area contributed by atoms with Crippen LogP contribution in [0.25, 0.3) is 22.0 Å². The smallest absolute Gasteiger partial charge is 0.261 e. The molecule has 3 heterocycles. The molecule has 1 aliphatic carbocycles. The van der Waals surface area contributed by atoms with Gasteiger partial charge in [0.15, 0.2) is 12.4 Å². The van der Waals surface area contributed by atoms with Crippen LogP contribution in [0.1, 0.15) is 24.3 Å². The zero-order chi connectivity index (χ0) is 26.9. The second-order valence-electron chi connectivity index (χ2n) is 9.74. The molecule has 0 spiro atoms. The molecule has 0 unspecified atom stereocenters. The number of hydrogen-bond acceptors (Lipinski definition) is 4. The van der Waals surface area contributed by atoms with Crippen molar-refractivity contribution >= 4 is 56.5 Å². The number of thiazole rings is 1. The minimum absolute atomic E-state index is 0.242. The molecule has 0 bridgehead atoms. The molecule has 0 atom stereocenters. The summed E-state index contributed by atoms with van der Waals surface area (Å²) in [4.78, 5) is 6.45. The number of anilines is 2. The maximum absolute atomic E-state index is 13.7. The van der Waals surface area contributed by atoms with Crippen LogP contribution in [0.5, 0.6) is 0 Å². The highest BCUT2D eigenvalue weighted by molar-refractivity contribution is 8.03. The summed E-state index contributed by atoms with van der Waals surface area (Å²) in [5.41, 5.74) is 6.39. The Labute approximate surface area is 234 Å². The predicted molar refractivity (Wildman–Crippen MR) is 157 cm³/mol. The van der Waals surface area contributed by atoms with Crippen molar-refractivity contribution in [3.8, 4) is 0 Å². The molecule has 39 heavy (non-hydrogen) atoms. The van der Waals surface area contributed by atoms with Crippen LogP contribution in [0.3, 0.4) is 0 Å². The van der Waals surface area contributed by atoms with Gasteiger partial charge in [-0.1, -0.05) is 23.1 Å². The van der Waals surface area contributed by atoms with Gasteiger partial charge in [-0.3, -0.25) is 0 Å². The number of rotatable bonds is 5. The lowest BCUT2D eigenvalue weighted by atomic mass is 9.90. The Morgan fingerprint density at radius 3 is 2.56 bits per heavy atom. The van der Waals surface area contributed by atoms with Crippen molar-refractivity contribution in [3.63, 3.8) is 0 Å². The molecule has 0 fully saturated rings. The molecule has 2 N–H and O–H groups in total. The van der Waals surface area contributed by atoms with Gasteiger partial charge in [0.1, 0.15) is 16.3 Å². The Hall–Kier alpha value is -3.75. The van der Waals surface area contributed by atoms with Gasteiger partial charge in [0.05, 0.1) is 10.7 Å². The first kappa shape index (κ1) is 25.5. The van der Waals surface area contributed by atoms with Gasteiger partial charge in [0.25, 0.3) is 5.01 Å². The average Bonchev–Trinajstić information content (AvgIpc) is 3.53. The maximum Gasteiger partial charge on any atom is 0.261 e. The monoisotopic (exact) mass is 558 g/mol. The van der Waals surface area contributed by atoms with Gasteiger partial charge in [-0.15, -0.1) is 0 Å². The average molecular weight is 559 g/mol. The zero-order valence-electron chi connectivity index (χ0n) is 21.7. The van der Waals surface area contributed by atoms with E-state index in [2.05, 4.69) is 68.6 Å². The molecule has 196 valence electrons. The maximum atomic E-state index is 13.7. The lowest BCUT2D eigenvalue weighted by molar-refractivity contribution is -0.580. The lowest BCUT2D eigenvalue weighted by Crippen LogP contribution is -2.35. The van der Waals surface area contributed by atoms with Crippen LogP contribution in [-0.4, -0.2) is 14.1 Å². The van der Waals surface area contributed by atoms with E-state index in [-0.39, 0.29) is 11.6 Å². The number of aromatic amines is 1. The van der Waals surface area contributed by atoms with Crippen LogP contribution in [0.4, 0.5) is 20.2 Å². The summed E-state index contributed by atoms with van der Waals surface area (Å²) in [7, 11) is 4.07. The third-order valence-electron chi connectivity index (χ3n) is 6.80. The number of halogens is 2. The summed E-state index contributed by atoms with van der Waals surface area (Å²) in [6.07, 6.45) is 15.7. The number of nitrogens with one attached hydrogen (secondary N) is 2. The van der Waals surface area contributed by atoms with Gasteiger partial charge in [0.2, 0.25) is 11.2 Å². The van der Waals surface area contributed by atoms with E-state index in [0.717, 1.165) is 55.8 Å². The zero-order valence-corrected chi connectivity index (χ0v) is 23.3. The molecule has 0 radical (unpaired) electrons. The number of thioether (sulfide) groups is 1. The summed E-state index contributed by atoms with van der Waals surface area (Å²) >= 11 is 3.23. The van der Waals surface area contributed by atoms with Gasteiger partial charge in [0, 0.05) is 60.1 Å². The molecule has 0 saturated carbocycles. The fourth-order valence-corrected chi connectivity index (χ4v) is 6.65. The number of aromatic nitrogens is 2. The number of hydrogen-bond donors (Lipinski definition) is 1. The van der Waals surface area contributed by atoms with Crippen LogP contribution in [0, 0.1) is 11.6 Å². The normalized spacial score (nSPS) is 17.4. The number of benzene rings is 2. The van der Waals surface area contributed by atoms with Crippen molar-refractivity contribution in [1.29, 1.82) is 0 Å². The van der Waals surface area contributed by atoms with E-state index >= 15 is 0 Å². The van der Waals surface area contributed by atoms with E-state index in [4.69, 9.17) is 0 Å². The number of pyridine rings is 1. The Bertz CT molecular complexity index is 1680. The molecule has 4 aromatic rings. The molecule has 2 aromatic heterocycles. The molecular weight excluding hydrogens is 530 g/mol. The summed E-state index contributed by atoms with van der Waals surface area (Å²) in [6.45, 7) is 0. The molecule has 8 heteroatoms.